The van der Waals surface area contributed by atoms with Gasteiger partial charge in [-0.25, -0.2) is 4.39 Å². The van der Waals surface area contributed by atoms with Gasteiger partial charge in [-0.3, -0.25) is 4.57 Å². The lowest BCUT2D eigenvalue weighted by atomic mass is 10.4. The van der Waals surface area contributed by atoms with Crippen molar-refractivity contribution in [2.45, 2.75) is 6.42 Å². The van der Waals surface area contributed by atoms with Crippen LogP contribution in [0.2, 0.25) is 0 Å². The molecule has 1 aromatic carbocycles. The minimum Gasteiger partial charge on any atom is -0.313 e. The van der Waals surface area contributed by atoms with E-state index in [9.17, 15) is 13.9 Å². The Bertz CT molecular complexity index is 516. The summed E-state index contributed by atoms with van der Waals surface area (Å²) in [6.07, 6.45) is 0.611. The van der Waals surface area contributed by atoms with Crippen LogP contribution in [0.4, 0.5) is 4.39 Å². The van der Waals surface area contributed by atoms with Crippen LogP contribution in [-0.2, 0) is 9.09 Å². The number of nitrogens with zero attached hydrogens (tertiary/aromatic N) is 3. The highest BCUT2D eigenvalue weighted by atomic mass is 35.5. The first kappa shape index (κ1) is 15.4. The van der Waals surface area contributed by atoms with Crippen LogP contribution in [0, 0.1) is 10.7 Å². The van der Waals surface area contributed by atoms with Crippen LogP contribution in [0.1, 0.15) is 6.42 Å². The summed E-state index contributed by atoms with van der Waals surface area (Å²) in [5.74, 6) is -0.277. The molecule has 0 amide bonds. The number of alkyl halides is 1. The predicted molar refractivity (Wildman–Crippen MR) is 74.1 cm³/mol. The molecule has 9 heteroatoms. The highest BCUT2D eigenvalue weighted by Crippen LogP contribution is 2.52. The zero-order valence-electron chi connectivity index (χ0n) is 10.6. The second-order valence-corrected chi connectivity index (χ2v) is 6.80. The van der Waals surface area contributed by atoms with Crippen molar-refractivity contribution in [3.05, 3.63) is 35.0 Å². The highest BCUT2D eigenvalue weighted by molar-refractivity contribution is 7.64. The van der Waals surface area contributed by atoms with Crippen LogP contribution < -0.4 is 5.30 Å². The van der Waals surface area contributed by atoms with E-state index < -0.39 is 13.3 Å². The van der Waals surface area contributed by atoms with E-state index in [4.69, 9.17) is 16.1 Å². The Labute approximate surface area is 120 Å². The fourth-order valence-corrected chi connectivity index (χ4v) is 4.36. The van der Waals surface area contributed by atoms with Crippen molar-refractivity contribution in [3.8, 4) is 0 Å². The maximum absolute atomic E-state index is 13.1. The van der Waals surface area contributed by atoms with Gasteiger partial charge in [-0.1, -0.05) is 0 Å². The molecule has 0 N–H and O–H groups in total. The van der Waals surface area contributed by atoms with Gasteiger partial charge in [0.2, 0.25) is 0 Å². The van der Waals surface area contributed by atoms with Crippen molar-refractivity contribution in [3.63, 3.8) is 0 Å². The van der Waals surface area contributed by atoms with Crippen molar-refractivity contribution < 1.29 is 13.5 Å². The van der Waals surface area contributed by atoms with E-state index in [2.05, 4.69) is 5.29 Å². The Kier molecular flexibility index (Phi) is 5.10. The molecular weight excluding hydrogens is 308 g/mol. The van der Waals surface area contributed by atoms with Crippen molar-refractivity contribution in [1.29, 1.82) is 0 Å². The molecule has 1 unspecified atom stereocenters. The Hall–Kier alpha value is -1.01. The maximum Gasteiger partial charge on any atom is 0.321 e. The largest absolute Gasteiger partial charge is 0.321 e. The Morgan fingerprint density at radius 3 is 2.75 bits per heavy atom. The molecule has 0 spiro atoms. The molecule has 1 aromatic rings. The normalized spacial score (nSPS) is 23.5. The van der Waals surface area contributed by atoms with Gasteiger partial charge in [0, 0.05) is 12.4 Å². The smallest absolute Gasteiger partial charge is 0.313 e. The van der Waals surface area contributed by atoms with Gasteiger partial charge in [-0.2, -0.15) is 5.12 Å². The van der Waals surface area contributed by atoms with Gasteiger partial charge in [-0.15, -0.1) is 21.3 Å². The Balaban J connectivity index is 2.35. The van der Waals surface area contributed by atoms with Crippen LogP contribution in [0.3, 0.4) is 0 Å². The molecule has 1 aliphatic heterocycles. The third-order valence-corrected chi connectivity index (χ3v) is 5.54. The molecular formula is C11H14ClFN3O3P. The highest BCUT2D eigenvalue weighted by Gasteiger charge is 2.40. The second-order valence-electron chi connectivity index (χ2n) is 4.15. The molecule has 0 saturated carbocycles. The zero-order valence-corrected chi connectivity index (χ0v) is 12.3. The molecule has 20 heavy (non-hydrogen) atoms. The van der Waals surface area contributed by atoms with Crippen LogP contribution in [-0.4, -0.2) is 35.5 Å². The molecule has 1 saturated heterocycles. The molecule has 1 atom stereocenters. The Morgan fingerprint density at radius 1 is 1.45 bits per heavy atom. The minimum absolute atomic E-state index is 0.125. The van der Waals surface area contributed by atoms with Gasteiger partial charge >= 0.3 is 7.52 Å². The summed E-state index contributed by atoms with van der Waals surface area (Å²) in [5.41, 5.74) is 0. The van der Waals surface area contributed by atoms with Crippen LogP contribution in [0.15, 0.2) is 29.6 Å². The number of hydrogen-bond donors (Lipinski definition) is 0. The molecule has 0 aromatic heterocycles. The van der Waals surface area contributed by atoms with Crippen LogP contribution in [0.25, 0.3) is 0 Å². The van der Waals surface area contributed by atoms with E-state index >= 15 is 0 Å². The molecule has 6 nitrogen and oxygen atoms in total. The van der Waals surface area contributed by atoms with E-state index in [-0.39, 0.29) is 12.4 Å². The van der Waals surface area contributed by atoms with Gasteiger partial charge in [0.25, 0.3) is 0 Å². The number of rotatable bonds is 5. The summed E-state index contributed by atoms with van der Waals surface area (Å²) in [4.78, 5) is 10.9. The molecule has 1 fully saturated rings. The topological polar surface area (TPSA) is 62.2 Å². The third-order valence-electron chi connectivity index (χ3n) is 2.87. The van der Waals surface area contributed by atoms with Crippen molar-refractivity contribution >= 4 is 24.4 Å². The maximum atomic E-state index is 13.1. The molecule has 110 valence electrons. The summed E-state index contributed by atoms with van der Waals surface area (Å²) in [6.45, 7) is 0.787. The van der Waals surface area contributed by atoms with Gasteiger partial charge in [-0.05, 0) is 30.7 Å². The van der Waals surface area contributed by atoms with E-state index in [1.54, 1.807) is 0 Å². The third kappa shape index (κ3) is 3.01. The van der Waals surface area contributed by atoms with Crippen molar-refractivity contribution in [2.75, 3.05) is 25.6 Å². The van der Waals surface area contributed by atoms with Gasteiger partial charge in [0.15, 0.2) is 0 Å². The molecule has 2 rings (SSSR count). The molecule has 0 bridgehead atoms. The number of halogens is 2. The van der Waals surface area contributed by atoms with Crippen LogP contribution >= 0.6 is 19.1 Å². The second kappa shape index (κ2) is 6.63. The average Bonchev–Trinajstić information content (AvgIpc) is 2.46. The molecule has 1 heterocycles. The Morgan fingerprint density at radius 2 is 2.15 bits per heavy atom. The van der Waals surface area contributed by atoms with Crippen LogP contribution in [0.5, 0.6) is 0 Å². The summed E-state index contributed by atoms with van der Waals surface area (Å²) in [6, 6.07) is 5.17. The van der Waals surface area contributed by atoms with Gasteiger partial charge < -0.3 is 4.52 Å². The fourth-order valence-electron chi connectivity index (χ4n) is 1.96. The van der Waals surface area contributed by atoms with Crippen molar-refractivity contribution in [2.24, 2.45) is 5.29 Å². The standard InChI is InChI=1S/C11H14ClFN3O3P/c12-6-8-15(14-17)16-7-1-9-19-20(16,18)11-4-2-10(13)3-5-11/h2-5H,1,6-9H2. The number of hydrogen-bond acceptors (Lipinski definition) is 4. The number of hydrazine groups is 1. The summed E-state index contributed by atoms with van der Waals surface area (Å²) >= 11 is 5.61. The first-order chi connectivity index (χ1) is 9.61. The van der Waals surface area contributed by atoms with E-state index in [0.29, 0.717) is 24.9 Å². The lowest BCUT2D eigenvalue weighted by Gasteiger charge is -2.38. The van der Waals surface area contributed by atoms with E-state index in [1.807, 2.05) is 0 Å². The summed E-state index contributed by atoms with van der Waals surface area (Å²) in [5, 5.41) is 4.17. The quantitative estimate of drug-likeness (QED) is 0.361. The summed E-state index contributed by atoms with van der Waals surface area (Å²) < 4.78 is 32.7. The molecule has 0 aliphatic carbocycles. The number of nitroso groups, excluding NO2 is 1. The average molecular weight is 322 g/mol. The van der Waals surface area contributed by atoms with Gasteiger partial charge in [0.05, 0.1) is 23.7 Å². The van der Waals surface area contributed by atoms with Gasteiger partial charge in [0.1, 0.15) is 5.82 Å². The van der Waals surface area contributed by atoms with E-state index in [1.165, 1.54) is 29.0 Å². The van der Waals surface area contributed by atoms with Crippen molar-refractivity contribution in [1.82, 2.24) is 9.90 Å². The fraction of sp³-hybridized carbons (Fsp3) is 0.455. The first-order valence-corrected chi connectivity index (χ1v) is 8.18. The van der Waals surface area contributed by atoms with E-state index in [0.717, 1.165) is 5.12 Å². The summed E-state index contributed by atoms with van der Waals surface area (Å²) in [7, 11) is -3.46. The molecule has 1 aliphatic rings. The minimum atomic E-state index is -3.46. The monoisotopic (exact) mass is 321 g/mol. The number of benzene rings is 1. The zero-order chi connectivity index (χ0) is 14.6. The molecule has 0 radical (unpaired) electrons. The SMILES string of the molecule is O=NN(CCCl)N1CCCOP1(=O)c1ccc(F)cc1. The lowest BCUT2D eigenvalue weighted by molar-refractivity contribution is 0.0265. The predicted octanol–water partition coefficient (Wildman–Crippen LogP) is 2.50. The first-order valence-electron chi connectivity index (χ1n) is 6.07. The lowest BCUT2D eigenvalue weighted by Crippen LogP contribution is -2.43.